The van der Waals surface area contributed by atoms with Crippen LogP contribution < -0.4 is 10.6 Å². The van der Waals surface area contributed by atoms with Gasteiger partial charge in [-0.15, -0.1) is 24.8 Å². The van der Waals surface area contributed by atoms with Crippen LogP contribution in [0.2, 0.25) is 0 Å². The highest BCUT2D eigenvalue weighted by molar-refractivity contribution is 5.90. The molecule has 0 saturated carbocycles. The summed E-state index contributed by atoms with van der Waals surface area (Å²) in [5, 5.41) is 6.52. The third-order valence-electron chi connectivity index (χ3n) is 6.17. The largest absolute Gasteiger partial charge is 0.326 e. The van der Waals surface area contributed by atoms with Gasteiger partial charge in [0.25, 0.3) is 0 Å². The van der Waals surface area contributed by atoms with Crippen molar-refractivity contribution in [3.63, 3.8) is 0 Å². The van der Waals surface area contributed by atoms with Crippen LogP contribution in [0.15, 0.2) is 24.3 Å². The fourth-order valence-corrected chi connectivity index (χ4v) is 4.21. The molecule has 0 aliphatic carbocycles. The Morgan fingerprint density at radius 2 is 1.86 bits per heavy atom. The second-order valence-corrected chi connectivity index (χ2v) is 8.49. The first-order chi connectivity index (χ1) is 12.6. The van der Waals surface area contributed by atoms with Crippen LogP contribution in [0, 0.1) is 17.8 Å². The van der Waals surface area contributed by atoms with Crippen molar-refractivity contribution in [1.82, 2.24) is 10.2 Å². The van der Waals surface area contributed by atoms with Gasteiger partial charge in [-0.2, -0.15) is 0 Å². The van der Waals surface area contributed by atoms with Crippen LogP contribution in [0.3, 0.4) is 0 Å². The van der Waals surface area contributed by atoms with Crippen molar-refractivity contribution in [3.05, 3.63) is 29.8 Å². The van der Waals surface area contributed by atoms with Gasteiger partial charge in [0.1, 0.15) is 0 Å². The number of hydrogen-bond donors (Lipinski definition) is 2. The smallest absolute Gasteiger partial charge is 0.224 e. The van der Waals surface area contributed by atoms with Gasteiger partial charge in [0, 0.05) is 18.7 Å². The summed E-state index contributed by atoms with van der Waals surface area (Å²) in [7, 11) is 0. The van der Waals surface area contributed by atoms with Gasteiger partial charge in [-0.3, -0.25) is 9.69 Å². The number of rotatable bonds is 6. The molecule has 2 saturated heterocycles. The van der Waals surface area contributed by atoms with Crippen molar-refractivity contribution in [2.75, 3.05) is 31.5 Å². The molecule has 0 radical (unpaired) electrons. The van der Waals surface area contributed by atoms with Gasteiger partial charge in [-0.05, 0) is 87.3 Å². The second kappa shape index (κ2) is 12.7. The van der Waals surface area contributed by atoms with E-state index in [0.29, 0.717) is 18.3 Å². The monoisotopic (exact) mass is 429 g/mol. The topological polar surface area (TPSA) is 44.4 Å². The van der Waals surface area contributed by atoms with Crippen LogP contribution in [0.1, 0.15) is 51.5 Å². The highest BCUT2D eigenvalue weighted by Gasteiger charge is 2.22. The summed E-state index contributed by atoms with van der Waals surface area (Å²) < 4.78 is 0. The van der Waals surface area contributed by atoms with Crippen molar-refractivity contribution in [1.29, 1.82) is 0 Å². The van der Waals surface area contributed by atoms with Gasteiger partial charge in [0.15, 0.2) is 0 Å². The van der Waals surface area contributed by atoms with Gasteiger partial charge in [-0.1, -0.05) is 26.0 Å². The molecule has 2 aliphatic heterocycles. The molecule has 0 aromatic heterocycles. The van der Waals surface area contributed by atoms with Crippen molar-refractivity contribution in [2.24, 2.45) is 17.8 Å². The Morgan fingerprint density at radius 3 is 2.46 bits per heavy atom. The summed E-state index contributed by atoms with van der Waals surface area (Å²) in [4.78, 5) is 14.9. The van der Waals surface area contributed by atoms with Crippen molar-refractivity contribution >= 4 is 36.4 Å². The van der Waals surface area contributed by atoms with Crippen molar-refractivity contribution in [3.8, 4) is 0 Å². The SMILES string of the molecule is CC1CCN(Cc2ccc(NC(=O)CC(C)C3CCCNC3)cc2)CC1.Cl.Cl. The summed E-state index contributed by atoms with van der Waals surface area (Å²) in [6, 6.07) is 8.41. The Morgan fingerprint density at radius 1 is 1.18 bits per heavy atom. The quantitative estimate of drug-likeness (QED) is 0.686. The number of nitrogens with zero attached hydrogens (tertiary/aromatic N) is 1. The van der Waals surface area contributed by atoms with Crippen LogP contribution in [0.4, 0.5) is 5.69 Å². The van der Waals surface area contributed by atoms with Gasteiger partial charge in [-0.25, -0.2) is 0 Å². The molecule has 4 nitrogen and oxygen atoms in total. The number of amides is 1. The predicted molar refractivity (Wildman–Crippen MR) is 123 cm³/mol. The highest BCUT2D eigenvalue weighted by atomic mass is 35.5. The number of anilines is 1. The molecule has 2 unspecified atom stereocenters. The molecule has 2 atom stereocenters. The van der Waals surface area contributed by atoms with Crippen LogP contribution in [0.5, 0.6) is 0 Å². The van der Waals surface area contributed by atoms with E-state index in [0.717, 1.165) is 31.2 Å². The lowest BCUT2D eigenvalue weighted by Crippen LogP contribution is -2.34. The number of carbonyl (C=O) groups excluding carboxylic acids is 1. The first kappa shape index (κ1) is 25.2. The molecule has 28 heavy (non-hydrogen) atoms. The molecule has 2 N–H and O–H groups in total. The molecule has 2 heterocycles. The molecule has 1 aromatic carbocycles. The molecule has 160 valence electrons. The summed E-state index contributed by atoms with van der Waals surface area (Å²) in [5.41, 5.74) is 2.25. The number of benzene rings is 1. The van der Waals surface area contributed by atoms with E-state index in [1.807, 2.05) is 12.1 Å². The van der Waals surface area contributed by atoms with Gasteiger partial charge < -0.3 is 10.6 Å². The zero-order valence-corrected chi connectivity index (χ0v) is 18.9. The standard InChI is InChI=1S/C22H35N3O.2ClH/c1-17-9-12-25(13-10-17)16-19-5-7-21(8-6-19)24-22(26)14-18(2)20-4-3-11-23-15-20;;/h5-8,17-18,20,23H,3-4,9-16H2,1-2H3,(H,24,26);2*1H. The minimum atomic E-state index is 0. The maximum absolute atomic E-state index is 12.4. The van der Waals surface area contributed by atoms with E-state index in [1.165, 1.54) is 44.3 Å². The lowest BCUT2D eigenvalue weighted by Gasteiger charge is -2.30. The molecule has 0 bridgehead atoms. The molecule has 0 spiro atoms. The van der Waals surface area contributed by atoms with Crippen molar-refractivity contribution < 1.29 is 4.79 Å². The molecule has 1 aromatic rings. The van der Waals surface area contributed by atoms with Crippen LogP contribution >= 0.6 is 24.8 Å². The van der Waals surface area contributed by atoms with E-state index in [2.05, 4.69) is 41.5 Å². The lowest BCUT2D eigenvalue weighted by molar-refractivity contribution is -0.117. The maximum Gasteiger partial charge on any atom is 0.224 e. The minimum absolute atomic E-state index is 0. The molecular weight excluding hydrogens is 393 g/mol. The minimum Gasteiger partial charge on any atom is -0.326 e. The molecule has 1 amide bonds. The fourth-order valence-electron chi connectivity index (χ4n) is 4.21. The molecule has 6 heteroatoms. The summed E-state index contributed by atoms with van der Waals surface area (Å²) in [6.07, 6.45) is 5.70. The normalized spacial score (nSPS) is 21.9. The zero-order chi connectivity index (χ0) is 18.4. The Hall–Kier alpha value is -0.810. The van der Waals surface area contributed by atoms with Crippen LogP contribution in [-0.4, -0.2) is 37.0 Å². The van der Waals surface area contributed by atoms with E-state index in [9.17, 15) is 4.79 Å². The van der Waals surface area contributed by atoms with E-state index >= 15 is 0 Å². The second-order valence-electron chi connectivity index (χ2n) is 8.49. The maximum atomic E-state index is 12.4. The van der Waals surface area contributed by atoms with Gasteiger partial charge in [0.05, 0.1) is 0 Å². The van der Waals surface area contributed by atoms with E-state index in [4.69, 9.17) is 0 Å². The number of carbonyl (C=O) groups is 1. The Balaban J connectivity index is 0.00000196. The van der Waals surface area contributed by atoms with Crippen LogP contribution in [0.25, 0.3) is 0 Å². The third kappa shape index (κ3) is 7.90. The predicted octanol–water partition coefficient (Wildman–Crippen LogP) is 4.73. The van der Waals surface area contributed by atoms with E-state index in [1.54, 1.807) is 0 Å². The number of halogens is 2. The molecular formula is C22H37Cl2N3O. The average Bonchev–Trinajstić information content (AvgIpc) is 2.66. The van der Waals surface area contributed by atoms with Crippen LogP contribution in [-0.2, 0) is 11.3 Å². The fraction of sp³-hybridized carbons (Fsp3) is 0.682. The lowest BCUT2D eigenvalue weighted by atomic mass is 9.85. The first-order valence-electron chi connectivity index (χ1n) is 10.4. The first-order valence-corrected chi connectivity index (χ1v) is 10.4. The number of likely N-dealkylation sites (tertiary alicyclic amines) is 1. The number of nitrogens with one attached hydrogen (secondary N) is 2. The molecule has 2 fully saturated rings. The number of hydrogen-bond acceptors (Lipinski definition) is 3. The average molecular weight is 430 g/mol. The molecule has 2 aliphatic rings. The number of piperidine rings is 2. The Kier molecular flexibility index (Phi) is 11.4. The van der Waals surface area contributed by atoms with E-state index < -0.39 is 0 Å². The zero-order valence-electron chi connectivity index (χ0n) is 17.3. The molecule has 3 rings (SSSR count). The summed E-state index contributed by atoms with van der Waals surface area (Å²) in [6.45, 7) is 10.2. The Bertz CT molecular complexity index is 568. The summed E-state index contributed by atoms with van der Waals surface area (Å²) in [5.74, 6) is 2.07. The summed E-state index contributed by atoms with van der Waals surface area (Å²) >= 11 is 0. The third-order valence-corrected chi connectivity index (χ3v) is 6.17. The van der Waals surface area contributed by atoms with E-state index in [-0.39, 0.29) is 30.7 Å². The Labute approximate surface area is 183 Å². The van der Waals surface area contributed by atoms with Crippen molar-refractivity contribution in [2.45, 2.75) is 52.5 Å². The van der Waals surface area contributed by atoms with Gasteiger partial charge >= 0.3 is 0 Å². The van der Waals surface area contributed by atoms with Gasteiger partial charge in [0.2, 0.25) is 5.91 Å². The highest BCUT2D eigenvalue weighted by Crippen LogP contribution is 2.23.